The van der Waals surface area contributed by atoms with Gasteiger partial charge in [0.25, 0.3) is 0 Å². The summed E-state index contributed by atoms with van der Waals surface area (Å²) in [6, 6.07) is 5.93. The minimum Gasteiger partial charge on any atom is -0.496 e. The van der Waals surface area contributed by atoms with Crippen LogP contribution >= 0.6 is 0 Å². The van der Waals surface area contributed by atoms with E-state index in [-0.39, 0.29) is 5.92 Å². The van der Waals surface area contributed by atoms with Gasteiger partial charge >= 0.3 is 0 Å². The van der Waals surface area contributed by atoms with Gasteiger partial charge in [-0.05, 0) is 31.4 Å². The van der Waals surface area contributed by atoms with Crippen LogP contribution in [-0.2, 0) is 0 Å². The number of hydrogen-bond acceptors (Lipinski definition) is 2. The van der Waals surface area contributed by atoms with E-state index in [2.05, 4.69) is 13.8 Å². The largest absolute Gasteiger partial charge is 0.496 e. The fourth-order valence-electron chi connectivity index (χ4n) is 2.00. The summed E-state index contributed by atoms with van der Waals surface area (Å²) in [5, 5.41) is 10.3. The lowest BCUT2D eigenvalue weighted by Gasteiger charge is -2.21. The summed E-state index contributed by atoms with van der Waals surface area (Å²) >= 11 is 0. The van der Waals surface area contributed by atoms with Gasteiger partial charge in [-0.2, -0.15) is 0 Å². The normalized spacial score (nSPS) is 14.6. The molecule has 2 heteroatoms. The summed E-state index contributed by atoms with van der Waals surface area (Å²) < 4.78 is 5.29. The molecule has 90 valence electrons. The lowest BCUT2D eigenvalue weighted by molar-refractivity contribution is 0.109. The molecule has 0 spiro atoms. The van der Waals surface area contributed by atoms with Crippen molar-refractivity contribution in [3.63, 3.8) is 0 Å². The van der Waals surface area contributed by atoms with E-state index in [1.54, 1.807) is 7.11 Å². The Balaban J connectivity index is 2.96. The standard InChI is InChI=1S/C14H22O2/c1-5-6-11(3)14(15)12-9-10(2)7-8-13(12)16-4/h7-9,11,14-15H,5-6H2,1-4H3. The lowest BCUT2D eigenvalue weighted by Crippen LogP contribution is -2.10. The van der Waals surface area contributed by atoms with Crippen LogP contribution in [0.3, 0.4) is 0 Å². The maximum Gasteiger partial charge on any atom is 0.124 e. The first kappa shape index (κ1) is 13.0. The zero-order valence-electron chi connectivity index (χ0n) is 10.7. The van der Waals surface area contributed by atoms with Crippen LogP contribution in [0.2, 0.25) is 0 Å². The molecule has 2 nitrogen and oxygen atoms in total. The predicted octanol–water partition coefficient (Wildman–Crippen LogP) is 3.47. The molecule has 0 radical (unpaired) electrons. The minimum absolute atomic E-state index is 0.265. The SMILES string of the molecule is CCCC(C)C(O)c1cc(C)ccc1OC. The first-order valence-electron chi connectivity index (χ1n) is 5.92. The molecule has 2 atom stereocenters. The fourth-order valence-corrected chi connectivity index (χ4v) is 2.00. The maximum absolute atomic E-state index is 10.3. The van der Waals surface area contributed by atoms with E-state index in [0.29, 0.717) is 0 Å². The van der Waals surface area contributed by atoms with Gasteiger partial charge < -0.3 is 9.84 Å². The number of benzene rings is 1. The van der Waals surface area contributed by atoms with Crippen molar-refractivity contribution >= 4 is 0 Å². The molecular formula is C14H22O2. The van der Waals surface area contributed by atoms with Crippen LogP contribution in [0, 0.1) is 12.8 Å². The molecule has 0 aliphatic heterocycles. The monoisotopic (exact) mass is 222 g/mol. The number of methoxy groups -OCH3 is 1. The van der Waals surface area contributed by atoms with Gasteiger partial charge in [0, 0.05) is 5.56 Å². The van der Waals surface area contributed by atoms with Crippen molar-refractivity contribution in [2.24, 2.45) is 5.92 Å². The van der Waals surface area contributed by atoms with Gasteiger partial charge in [-0.3, -0.25) is 0 Å². The van der Waals surface area contributed by atoms with Gasteiger partial charge in [0.1, 0.15) is 5.75 Å². The van der Waals surface area contributed by atoms with Crippen LogP contribution in [0.1, 0.15) is 43.9 Å². The third-order valence-corrected chi connectivity index (χ3v) is 2.99. The van der Waals surface area contributed by atoms with Crippen molar-refractivity contribution in [1.82, 2.24) is 0 Å². The van der Waals surface area contributed by atoms with Crippen LogP contribution in [0.4, 0.5) is 0 Å². The molecule has 1 N–H and O–H groups in total. The maximum atomic E-state index is 10.3. The van der Waals surface area contributed by atoms with E-state index in [1.165, 1.54) is 0 Å². The summed E-state index contributed by atoms with van der Waals surface area (Å²) in [4.78, 5) is 0. The van der Waals surface area contributed by atoms with Gasteiger partial charge in [-0.15, -0.1) is 0 Å². The van der Waals surface area contributed by atoms with Gasteiger partial charge in [0.2, 0.25) is 0 Å². The second kappa shape index (κ2) is 5.90. The molecule has 1 rings (SSSR count). The first-order chi connectivity index (χ1) is 7.60. The molecule has 0 amide bonds. The Morgan fingerprint density at radius 3 is 2.62 bits per heavy atom. The van der Waals surface area contributed by atoms with E-state index >= 15 is 0 Å². The van der Waals surface area contributed by atoms with E-state index in [1.807, 2.05) is 25.1 Å². The number of ether oxygens (including phenoxy) is 1. The third kappa shape index (κ3) is 2.99. The topological polar surface area (TPSA) is 29.5 Å². The van der Waals surface area contributed by atoms with Crippen LogP contribution in [0.15, 0.2) is 18.2 Å². The summed E-state index contributed by atoms with van der Waals surface area (Å²) in [7, 11) is 1.64. The molecule has 0 saturated heterocycles. The molecule has 0 heterocycles. The zero-order valence-corrected chi connectivity index (χ0v) is 10.7. The Bertz CT molecular complexity index is 334. The average molecular weight is 222 g/mol. The van der Waals surface area contributed by atoms with Crippen molar-refractivity contribution in [1.29, 1.82) is 0 Å². The summed E-state index contributed by atoms with van der Waals surface area (Å²) in [5.74, 6) is 1.04. The number of aliphatic hydroxyl groups excluding tert-OH is 1. The summed E-state index contributed by atoms with van der Waals surface area (Å²) in [6.45, 7) is 6.24. The molecular weight excluding hydrogens is 200 g/mol. The van der Waals surface area contributed by atoms with Gasteiger partial charge in [-0.25, -0.2) is 0 Å². The molecule has 1 aromatic rings. The molecule has 0 aromatic heterocycles. The molecule has 0 aliphatic carbocycles. The number of aliphatic hydroxyl groups is 1. The Morgan fingerprint density at radius 2 is 2.06 bits per heavy atom. The van der Waals surface area contributed by atoms with E-state index in [4.69, 9.17) is 4.74 Å². The lowest BCUT2D eigenvalue weighted by atomic mass is 9.92. The number of aryl methyl sites for hydroxylation is 1. The van der Waals surface area contributed by atoms with Crippen LogP contribution in [0.25, 0.3) is 0 Å². The smallest absolute Gasteiger partial charge is 0.124 e. The molecule has 0 bridgehead atoms. The Labute approximate surface area is 98.3 Å². The van der Waals surface area contributed by atoms with Crippen molar-refractivity contribution in [2.75, 3.05) is 7.11 Å². The molecule has 2 unspecified atom stereocenters. The minimum atomic E-state index is -0.435. The van der Waals surface area contributed by atoms with E-state index in [0.717, 1.165) is 29.7 Å². The van der Waals surface area contributed by atoms with Crippen molar-refractivity contribution in [3.8, 4) is 5.75 Å². The van der Waals surface area contributed by atoms with Gasteiger partial charge in [0.05, 0.1) is 13.2 Å². The van der Waals surface area contributed by atoms with Gasteiger partial charge in [0.15, 0.2) is 0 Å². The quantitative estimate of drug-likeness (QED) is 0.826. The van der Waals surface area contributed by atoms with Crippen LogP contribution in [0.5, 0.6) is 5.75 Å². The molecule has 0 saturated carbocycles. The van der Waals surface area contributed by atoms with Gasteiger partial charge in [-0.1, -0.05) is 31.9 Å². The third-order valence-electron chi connectivity index (χ3n) is 2.99. The van der Waals surface area contributed by atoms with Crippen LogP contribution < -0.4 is 4.74 Å². The van der Waals surface area contributed by atoms with Crippen LogP contribution in [-0.4, -0.2) is 12.2 Å². The van der Waals surface area contributed by atoms with E-state index < -0.39 is 6.10 Å². The second-order valence-electron chi connectivity index (χ2n) is 4.46. The molecule has 0 fully saturated rings. The fraction of sp³-hybridized carbons (Fsp3) is 0.571. The highest BCUT2D eigenvalue weighted by Gasteiger charge is 2.19. The highest BCUT2D eigenvalue weighted by atomic mass is 16.5. The zero-order chi connectivity index (χ0) is 12.1. The predicted molar refractivity (Wildman–Crippen MR) is 66.8 cm³/mol. The molecule has 16 heavy (non-hydrogen) atoms. The molecule has 0 aliphatic rings. The number of hydrogen-bond donors (Lipinski definition) is 1. The Morgan fingerprint density at radius 1 is 1.38 bits per heavy atom. The summed E-state index contributed by atoms with van der Waals surface area (Å²) in [5.41, 5.74) is 2.06. The first-order valence-corrected chi connectivity index (χ1v) is 5.92. The Kier molecular flexibility index (Phi) is 4.81. The molecule has 1 aromatic carbocycles. The average Bonchev–Trinajstić information content (AvgIpc) is 2.28. The summed E-state index contributed by atoms with van der Waals surface area (Å²) in [6.07, 6.45) is 1.68. The second-order valence-corrected chi connectivity index (χ2v) is 4.46. The van der Waals surface area contributed by atoms with Crippen molar-refractivity contribution in [2.45, 2.75) is 39.7 Å². The Hall–Kier alpha value is -1.02. The van der Waals surface area contributed by atoms with E-state index in [9.17, 15) is 5.11 Å². The van der Waals surface area contributed by atoms with Crippen molar-refractivity contribution < 1.29 is 9.84 Å². The highest BCUT2D eigenvalue weighted by molar-refractivity contribution is 5.38. The number of rotatable bonds is 5. The highest BCUT2D eigenvalue weighted by Crippen LogP contribution is 2.32. The van der Waals surface area contributed by atoms with Crippen molar-refractivity contribution in [3.05, 3.63) is 29.3 Å².